The third-order valence-electron chi connectivity index (χ3n) is 2.90. The molecule has 1 heterocycles. The molecule has 2 rings (SSSR count). The second kappa shape index (κ2) is 7.04. The third kappa shape index (κ3) is 4.30. The van der Waals surface area contributed by atoms with Gasteiger partial charge in [-0.2, -0.15) is 0 Å². The minimum Gasteiger partial charge on any atom is -0.449 e. The maximum atomic E-state index is 12.0. The lowest BCUT2D eigenvalue weighted by atomic mass is 10.2. The number of benzene rings is 1. The molecule has 0 spiro atoms. The zero-order chi connectivity index (χ0) is 16.1. The first-order chi connectivity index (χ1) is 10.5. The van der Waals surface area contributed by atoms with Crippen molar-refractivity contribution < 1.29 is 14.3 Å². The lowest BCUT2D eigenvalue weighted by Gasteiger charge is -2.13. The van der Waals surface area contributed by atoms with Crippen molar-refractivity contribution in [3.05, 3.63) is 58.9 Å². The fourth-order valence-corrected chi connectivity index (χ4v) is 1.86. The van der Waals surface area contributed by atoms with Gasteiger partial charge in [0.15, 0.2) is 6.10 Å². The third-order valence-corrected chi connectivity index (χ3v) is 3.13. The van der Waals surface area contributed by atoms with Crippen LogP contribution in [0.5, 0.6) is 0 Å². The van der Waals surface area contributed by atoms with Gasteiger partial charge in [-0.25, -0.2) is 9.78 Å². The van der Waals surface area contributed by atoms with Crippen LogP contribution in [0.4, 0.5) is 5.69 Å². The van der Waals surface area contributed by atoms with Crippen LogP contribution in [-0.2, 0) is 9.53 Å². The van der Waals surface area contributed by atoms with Crippen molar-refractivity contribution in [3.63, 3.8) is 0 Å². The highest BCUT2D eigenvalue weighted by Crippen LogP contribution is 2.12. The molecule has 0 aliphatic carbocycles. The summed E-state index contributed by atoms with van der Waals surface area (Å²) in [5.41, 5.74) is 1.91. The van der Waals surface area contributed by atoms with E-state index in [1.807, 2.05) is 25.1 Å². The SMILES string of the molecule is Cc1cccc(NC(=O)[C@@H](C)OC(=O)c2ccc(Cl)nc2)c1. The van der Waals surface area contributed by atoms with Crippen LogP contribution in [0.3, 0.4) is 0 Å². The Morgan fingerprint density at radius 2 is 2.05 bits per heavy atom. The van der Waals surface area contributed by atoms with E-state index in [4.69, 9.17) is 16.3 Å². The Kier molecular flexibility index (Phi) is 5.12. The smallest absolute Gasteiger partial charge is 0.340 e. The number of esters is 1. The number of pyridine rings is 1. The van der Waals surface area contributed by atoms with Crippen LogP contribution in [0.1, 0.15) is 22.8 Å². The van der Waals surface area contributed by atoms with Gasteiger partial charge in [0.05, 0.1) is 5.56 Å². The van der Waals surface area contributed by atoms with Gasteiger partial charge >= 0.3 is 5.97 Å². The van der Waals surface area contributed by atoms with Gasteiger partial charge in [0.2, 0.25) is 0 Å². The Morgan fingerprint density at radius 3 is 2.68 bits per heavy atom. The van der Waals surface area contributed by atoms with Crippen molar-refractivity contribution >= 4 is 29.2 Å². The fraction of sp³-hybridized carbons (Fsp3) is 0.188. The number of carbonyl (C=O) groups excluding carboxylic acids is 2. The van der Waals surface area contributed by atoms with E-state index in [0.29, 0.717) is 5.69 Å². The van der Waals surface area contributed by atoms with E-state index in [1.165, 1.54) is 25.3 Å². The van der Waals surface area contributed by atoms with Gasteiger partial charge in [-0.05, 0) is 43.7 Å². The highest BCUT2D eigenvalue weighted by atomic mass is 35.5. The van der Waals surface area contributed by atoms with E-state index in [2.05, 4.69) is 10.3 Å². The topological polar surface area (TPSA) is 68.3 Å². The molecule has 5 nitrogen and oxygen atoms in total. The number of halogens is 1. The second-order valence-electron chi connectivity index (χ2n) is 4.78. The van der Waals surface area contributed by atoms with Gasteiger partial charge in [-0.3, -0.25) is 4.79 Å². The van der Waals surface area contributed by atoms with Crippen LogP contribution in [0.15, 0.2) is 42.6 Å². The van der Waals surface area contributed by atoms with E-state index in [1.54, 1.807) is 6.07 Å². The molecule has 6 heteroatoms. The lowest BCUT2D eigenvalue weighted by molar-refractivity contribution is -0.123. The summed E-state index contributed by atoms with van der Waals surface area (Å²) in [5, 5.41) is 2.97. The number of carbonyl (C=O) groups is 2. The number of rotatable bonds is 4. The summed E-state index contributed by atoms with van der Waals surface area (Å²) < 4.78 is 5.11. The molecule has 22 heavy (non-hydrogen) atoms. The molecule has 0 fully saturated rings. The average molecular weight is 319 g/mol. The van der Waals surface area contributed by atoms with E-state index >= 15 is 0 Å². The minimum atomic E-state index is -0.927. The van der Waals surface area contributed by atoms with Crippen molar-refractivity contribution in [2.75, 3.05) is 5.32 Å². The van der Waals surface area contributed by atoms with Gasteiger partial charge in [0.1, 0.15) is 5.15 Å². The summed E-state index contributed by atoms with van der Waals surface area (Å²) in [7, 11) is 0. The first kappa shape index (κ1) is 16.0. The van der Waals surface area contributed by atoms with Gasteiger partial charge < -0.3 is 10.1 Å². The zero-order valence-electron chi connectivity index (χ0n) is 12.2. The standard InChI is InChI=1S/C16H15ClN2O3/c1-10-4-3-5-13(8-10)19-15(20)11(2)22-16(21)12-6-7-14(17)18-9-12/h3-9,11H,1-2H3,(H,19,20)/t11-/m1/s1. The number of hydrogen-bond donors (Lipinski definition) is 1. The number of aryl methyl sites for hydroxylation is 1. The second-order valence-corrected chi connectivity index (χ2v) is 5.16. The van der Waals surface area contributed by atoms with E-state index in [0.717, 1.165) is 5.56 Å². The summed E-state index contributed by atoms with van der Waals surface area (Å²) >= 11 is 5.65. The average Bonchev–Trinajstić information content (AvgIpc) is 2.47. The maximum Gasteiger partial charge on any atom is 0.340 e. The molecule has 1 atom stereocenters. The van der Waals surface area contributed by atoms with E-state index in [9.17, 15) is 9.59 Å². The Hall–Kier alpha value is -2.40. The molecule has 1 amide bonds. The Balaban J connectivity index is 1.96. The van der Waals surface area contributed by atoms with Crippen LogP contribution in [-0.4, -0.2) is 23.0 Å². The predicted molar refractivity (Wildman–Crippen MR) is 83.9 cm³/mol. The molecule has 114 valence electrons. The van der Waals surface area contributed by atoms with Gasteiger partial charge in [-0.1, -0.05) is 23.7 Å². The van der Waals surface area contributed by atoms with Crippen molar-refractivity contribution in [1.82, 2.24) is 4.98 Å². The molecule has 0 radical (unpaired) electrons. The van der Waals surface area contributed by atoms with Crippen LogP contribution in [0.2, 0.25) is 5.15 Å². The largest absolute Gasteiger partial charge is 0.449 e. The molecule has 0 aliphatic rings. The Labute approximate surface area is 133 Å². The number of nitrogens with zero attached hydrogens (tertiary/aromatic N) is 1. The molecular weight excluding hydrogens is 304 g/mol. The van der Waals surface area contributed by atoms with Crippen LogP contribution in [0, 0.1) is 6.92 Å². The summed E-state index contributed by atoms with van der Waals surface area (Å²) in [4.78, 5) is 27.7. The van der Waals surface area contributed by atoms with Gasteiger partial charge in [0.25, 0.3) is 5.91 Å². The number of hydrogen-bond acceptors (Lipinski definition) is 4. The summed E-state index contributed by atoms with van der Waals surface area (Å²) in [5.74, 6) is -1.03. The Bertz CT molecular complexity index is 686. The fourth-order valence-electron chi connectivity index (χ4n) is 1.75. The minimum absolute atomic E-state index is 0.236. The van der Waals surface area contributed by atoms with Crippen LogP contribution in [0.25, 0.3) is 0 Å². The number of aromatic nitrogens is 1. The van der Waals surface area contributed by atoms with Crippen molar-refractivity contribution in [1.29, 1.82) is 0 Å². The number of amides is 1. The summed E-state index contributed by atoms with van der Waals surface area (Å²) in [6.45, 7) is 3.43. The molecule has 0 saturated heterocycles. The monoisotopic (exact) mass is 318 g/mol. The molecule has 1 aromatic carbocycles. The highest BCUT2D eigenvalue weighted by Gasteiger charge is 2.19. The van der Waals surface area contributed by atoms with E-state index < -0.39 is 18.0 Å². The number of nitrogens with one attached hydrogen (secondary N) is 1. The zero-order valence-corrected chi connectivity index (χ0v) is 12.9. The molecule has 0 unspecified atom stereocenters. The molecule has 0 aliphatic heterocycles. The number of anilines is 1. The first-order valence-corrected chi connectivity index (χ1v) is 7.03. The Morgan fingerprint density at radius 1 is 1.27 bits per heavy atom. The van der Waals surface area contributed by atoms with Crippen LogP contribution < -0.4 is 5.32 Å². The number of ether oxygens (including phenoxy) is 1. The van der Waals surface area contributed by atoms with Gasteiger partial charge in [-0.15, -0.1) is 0 Å². The van der Waals surface area contributed by atoms with Crippen molar-refractivity contribution in [3.8, 4) is 0 Å². The first-order valence-electron chi connectivity index (χ1n) is 6.66. The summed E-state index contributed by atoms with van der Waals surface area (Å²) in [6, 6.07) is 10.3. The molecule has 0 bridgehead atoms. The lowest BCUT2D eigenvalue weighted by Crippen LogP contribution is -2.30. The van der Waals surface area contributed by atoms with E-state index in [-0.39, 0.29) is 10.7 Å². The van der Waals surface area contributed by atoms with Crippen molar-refractivity contribution in [2.24, 2.45) is 0 Å². The quantitative estimate of drug-likeness (QED) is 0.694. The maximum absolute atomic E-state index is 12.0. The normalized spacial score (nSPS) is 11.6. The molecule has 1 aromatic heterocycles. The van der Waals surface area contributed by atoms with Crippen LogP contribution >= 0.6 is 11.6 Å². The molecule has 0 saturated carbocycles. The molecule has 1 N–H and O–H groups in total. The van der Waals surface area contributed by atoms with Gasteiger partial charge in [0, 0.05) is 11.9 Å². The molecule has 2 aromatic rings. The summed E-state index contributed by atoms with van der Waals surface area (Å²) in [6.07, 6.45) is 0.374. The predicted octanol–water partition coefficient (Wildman–Crippen LogP) is 3.23. The van der Waals surface area contributed by atoms with Crippen molar-refractivity contribution in [2.45, 2.75) is 20.0 Å². The highest BCUT2D eigenvalue weighted by molar-refractivity contribution is 6.29. The molecular formula is C16H15ClN2O3.